The van der Waals surface area contributed by atoms with Crippen molar-refractivity contribution in [1.29, 1.82) is 0 Å². The van der Waals surface area contributed by atoms with Crippen LogP contribution in [0.1, 0.15) is 33.6 Å². The highest BCUT2D eigenvalue weighted by Crippen LogP contribution is 2.22. The number of hydrogen-bond donors (Lipinski definition) is 0. The number of rotatable bonds is 2. The van der Waals surface area contributed by atoms with E-state index in [0.29, 0.717) is 0 Å². The minimum Gasteiger partial charge on any atom is -0.303 e. The summed E-state index contributed by atoms with van der Waals surface area (Å²) in [7, 11) is 0. The Hall–Kier alpha value is -0.0400. The lowest BCUT2D eigenvalue weighted by Gasteiger charge is -2.34. The molecule has 0 saturated carbocycles. The van der Waals surface area contributed by atoms with E-state index >= 15 is 0 Å². The van der Waals surface area contributed by atoms with E-state index in [2.05, 4.69) is 25.7 Å². The molecule has 0 aromatic heterocycles. The first-order chi connectivity index (χ1) is 5.24. The minimum atomic E-state index is 0.912. The quantitative estimate of drug-likeness (QED) is 0.592. The molecule has 0 spiro atoms. The van der Waals surface area contributed by atoms with Crippen molar-refractivity contribution < 1.29 is 0 Å². The molecule has 1 aliphatic heterocycles. The van der Waals surface area contributed by atoms with Crippen LogP contribution in [0.4, 0.5) is 0 Å². The highest BCUT2D eigenvalue weighted by molar-refractivity contribution is 4.74. The van der Waals surface area contributed by atoms with E-state index < -0.39 is 0 Å². The number of piperidine rings is 1. The largest absolute Gasteiger partial charge is 0.303 e. The van der Waals surface area contributed by atoms with E-state index in [1.807, 2.05) is 0 Å². The van der Waals surface area contributed by atoms with Gasteiger partial charge in [-0.2, -0.15) is 0 Å². The molecule has 0 aliphatic carbocycles. The van der Waals surface area contributed by atoms with Crippen molar-refractivity contribution >= 4 is 0 Å². The van der Waals surface area contributed by atoms with Crippen LogP contribution in [-0.4, -0.2) is 24.5 Å². The van der Waals surface area contributed by atoms with Crippen molar-refractivity contribution in [3.63, 3.8) is 0 Å². The van der Waals surface area contributed by atoms with Crippen LogP contribution in [0.2, 0.25) is 0 Å². The second-order valence-electron chi connectivity index (χ2n) is 4.04. The van der Waals surface area contributed by atoms with Gasteiger partial charge in [0.25, 0.3) is 0 Å². The molecule has 0 aromatic rings. The predicted molar refractivity (Wildman–Crippen MR) is 49.7 cm³/mol. The molecule has 11 heavy (non-hydrogen) atoms. The third kappa shape index (κ3) is 2.48. The van der Waals surface area contributed by atoms with Crippen LogP contribution in [0.3, 0.4) is 0 Å². The zero-order chi connectivity index (χ0) is 8.27. The third-order valence-electron chi connectivity index (χ3n) is 2.96. The third-order valence-corrected chi connectivity index (χ3v) is 2.96. The summed E-state index contributed by atoms with van der Waals surface area (Å²) in [5.74, 6) is 1.86. The molecular formula is C10H21N. The molecule has 0 aromatic carbocycles. The molecule has 1 nitrogen and oxygen atoms in total. The fourth-order valence-corrected chi connectivity index (χ4v) is 1.87. The minimum absolute atomic E-state index is 0.912. The van der Waals surface area contributed by atoms with Crippen molar-refractivity contribution in [2.45, 2.75) is 33.6 Å². The monoisotopic (exact) mass is 155 g/mol. The molecule has 0 N–H and O–H groups in total. The van der Waals surface area contributed by atoms with Gasteiger partial charge in [-0.1, -0.05) is 20.8 Å². The zero-order valence-corrected chi connectivity index (χ0v) is 8.14. The van der Waals surface area contributed by atoms with E-state index in [4.69, 9.17) is 0 Å². The van der Waals surface area contributed by atoms with Crippen LogP contribution in [0.25, 0.3) is 0 Å². The molecule has 2 atom stereocenters. The van der Waals surface area contributed by atoms with Crippen molar-refractivity contribution in [1.82, 2.24) is 4.90 Å². The second kappa shape index (κ2) is 4.10. The van der Waals surface area contributed by atoms with Crippen molar-refractivity contribution in [3.05, 3.63) is 0 Å². The van der Waals surface area contributed by atoms with E-state index in [-0.39, 0.29) is 0 Å². The topological polar surface area (TPSA) is 3.24 Å². The summed E-state index contributed by atoms with van der Waals surface area (Å²) < 4.78 is 0. The van der Waals surface area contributed by atoms with Crippen LogP contribution >= 0.6 is 0 Å². The maximum atomic E-state index is 2.60. The molecule has 66 valence electrons. The summed E-state index contributed by atoms with van der Waals surface area (Å²) in [6.45, 7) is 11.0. The predicted octanol–water partition coefficient (Wildman–Crippen LogP) is 2.37. The molecule has 1 aliphatic rings. The molecule has 1 heteroatoms. The van der Waals surface area contributed by atoms with E-state index in [1.54, 1.807) is 0 Å². The maximum Gasteiger partial charge on any atom is 0.000957 e. The highest BCUT2D eigenvalue weighted by Gasteiger charge is 2.21. The summed E-state index contributed by atoms with van der Waals surface area (Å²) >= 11 is 0. The van der Waals surface area contributed by atoms with Gasteiger partial charge in [0.05, 0.1) is 0 Å². The number of hydrogen-bond acceptors (Lipinski definition) is 1. The van der Waals surface area contributed by atoms with E-state index in [1.165, 1.54) is 32.5 Å². The van der Waals surface area contributed by atoms with Gasteiger partial charge in [-0.25, -0.2) is 0 Å². The van der Waals surface area contributed by atoms with Gasteiger partial charge in [-0.3, -0.25) is 0 Å². The standard InChI is InChI=1S/C10H21N/c1-4-6-11-7-5-9(2)10(3)8-11/h9-10H,4-8H2,1-3H3/t9-,10-/m0/s1. The molecule has 1 heterocycles. The Labute approximate surface area is 70.8 Å². The first-order valence-corrected chi connectivity index (χ1v) is 4.96. The Morgan fingerprint density at radius 2 is 2.00 bits per heavy atom. The lowest BCUT2D eigenvalue weighted by molar-refractivity contribution is 0.139. The van der Waals surface area contributed by atoms with Gasteiger partial charge in [-0.15, -0.1) is 0 Å². The fraction of sp³-hybridized carbons (Fsp3) is 1.00. The van der Waals surface area contributed by atoms with Gasteiger partial charge in [0, 0.05) is 6.54 Å². The smallest absolute Gasteiger partial charge is 0.000957 e. The summed E-state index contributed by atoms with van der Waals surface area (Å²) in [5.41, 5.74) is 0. The van der Waals surface area contributed by atoms with Crippen LogP contribution in [-0.2, 0) is 0 Å². The van der Waals surface area contributed by atoms with Crippen molar-refractivity contribution in [2.75, 3.05) is 19.6 Å². The van der Waals surface area contributed by atoms with Crippen LogP contribution in [0.15, 0.2) is 0 Å². The number of nitrogens with zero attached hydrogens (tertiary/aromatic N) is 1. The lowest BCUT2D eigenvalue weighted by Crippen LogP contribution is -2.38. The SMILES string of the molecule is CCCN1CC[C@H](C)[C@@H](C)C1. The van der Waals surface area contributed by atoms with Gasteiger partial charge >= 0.3 is 0 Å². The normalized spacial score (nSPS) is 34.1. The van der Waals surface area contributed by atoms with Gasteiger partial charge in [0.15, 0.2) is 0 Å². The van der Waals surface area contributed by atoms with Gasteiger partial charge in [-0.05, 0) is 37.8 Å². The second-order valence-corrected chi connectivity index (χ2v) is 4.04. The van der Waals surface area contributed by atoms with Crippen LogP contribution in [0.5, 0.6) is 0 Å². The fourth-order valence-electron chi connectivity index (χ4n) is 1.87. The molecule has 0 radical (unpaired) electrons. The molecular weight excluding hydrogens is 134 g/mol. The summed E-state index contributed by atoms with van der Waals surface area (Å²) in [6, 6.07) is 0. The first-order valence-electron chi connectivity index (χ1n) is 4.96. The highest BCUT2D eigenvalue weighted by atomic mass is 15.1. The Morgan fingerprint density at radius 1 is 1.27 bits per heavy atom. The van der Waals surface area contributed by atoms with Gasteiger partial charge in [0.1, 0.15) is 0 Å². The molecule has 0 amide bonds. The van der Waals surface area contributed by atoms with Crippen LogP contribution in [0, 0.1) is 11.8 Å². The lowest BCUT2D eigenvalue weighted by atomic mass is 9.89. The molecule has 0 unspecified atom stereocenters. The first kappa shape index (κ1) is 9.05. The van der Waals surface area contributed by atoms with Crippen molar-refractivity contribution in [3.8, 4) is 0 Å². The average Bonchev–Trinajstić information content (AvgIpc) is 1.98. The van der Waals surface area contributed by atoms with E-state index in [9.17, 15) is 0 Å². The zero-order valence-electron chi connectivity index (χ0n) is 8.14. The summed E-state index contributed by atoms with van der Waals surface area (Å²) in [4.78, 5) is 2.60. The summed E-state index contributed by atoms with van der Waals surface area (Å²) in [5, 5.41) is 0. The Balaban J connectivity index is 2.28. The Kier molecular flexibility index (Phi) is 3.38. The summed E-state index contributed by atoms with van der Waals surface area (Å²) in [6.07, 6.45) is 2.71. The Bertz CT molecular complexity index is 111. The van der Waals surface area contributed by atoms with Gasteiger partial charge < -0.3 is 4.90 Å². The van der Waals surface area contributed by atoms with Gasteiger partial charge in [0.2, 0.25) is 0 Å². The van der Waals surface area contributed by atoms with Crippen molar-refractivity contribution in [2.24, 2.45) is 11.8 Å². The average molecular weight is 155 g/mol. The van der Waals surface area contributed by atoms with Crippen LogP contribution < -0.4 is 0 Å². The molecule has 1 fully saturated rings. The number of likely N-dealkylation sites (tertiary alicyclic amines) is 1. The Morgan fingerprint density at radius 3 is 2.55 bits per heavy atom. The maximum absolute atomic E-state index is 2.60. The molecule has 1 saturated heterocycles. The molecule has 0 bridgehead atoms. The van der Waals surface area contributed by atoms with E-state index in [0.717, 1.165) is 11.8 Å². The molecule has 1 rings (SSSR count).